The van der Waals surface area contributed by atoms with E-state index in [0.717, 1.165) is 55.0 Å². The molecule has 0 aliphatic carbocycles. The highest BCUT2D eigenvalue weighted by molar-refractivity contribution is 6.08. The molecule has 1 aliphatic heterocycles. The zero-order chi connectivity index (χ0) is 21.8. The van der Waals surface area contributed by atoms with Gasteiger partial charge in [0.05, 0.1) is 23.1 Å². The molecule has 0 spiro atoms. The first-order chi connectivity index (χ1) is 15.8. The average molecular weight is 424 g/mol. The Morgan fingerprint density at radius 3 is 2.38 bits per heavy atom. The molecule has 6 heteroatoms. The number of anilines is 2. The highest BCUT2D eigenvalue weighted by atomic mass is 16.1. The third-order valence-corrected chi connectivity index (χ3v) is 5.83. The lowest BCUT2D eigenvalue weighted by atomic mass is 10.1. The Labute approximate surface area is 187 Å². The maximum absolute atomic E-state index is 12.8. The van der Waals surface area contributed by atoms with Gasteiger partial charge in [-0.15, -0.1) is 0 Å². The van der Waals surface area contributed by atoms with Gasteiger partial charge >= 0.3 is 0 Å². The summed E-state index contributed by atoms with van der Waals surface area (Å²) in [5.74, 6) is -0.230. The quantitative estimate of drug-likeness (QED) is 0.521. The summed E-state index contributed by atoms with van der Waals surface area (Å²) in [5.41, 5.74) is 4.39. The lowest BCUT2D eigenvalue weighted by Gasteiger charge is -2.37. The van der Waals surface area contributed by atoms with E-state index in [4.69, 9.17) is 0 Å². The lowest BCUT2D eigenvalue weighted by molar-refractivity contribution is 0.102. The molecular formula is C26H25N5O. The standard InChI is InChI=1S/C26H25N5O/c32-26(23-12-6-7-13-27-23)29-24-18-28-22-11-5-4-10-21(22)25(24)31-16-14-30(15-17-31)19-20-8-2-1-3-9-20/h1-13,18H,14-17,19H2,(H,29,32). The largest absolute Gasteiger partial charge is 0.367 e. The van der Waals surface area contributed by atoms with Gasteiger partial charge in [-0.2, -0.15) is 0 Å². The second-order valence-electron chi connectivity index (χ2n) is 7.96. The highest BCUT2D eigenvalue weighted by Crippen LogP contribution is 2.34. The van der Waals surface area contributed by atoms with Crippen LogP contribution in [0.3, 0.4) is 0 Å². The van der Waals surface area contributed by atoms with Crippen LogP contribution in [0.2, 0.25) is 0 Å². The number of nitrogens with one attached hydrogen (secondary N) is 1. The molecule has 0 saturated carbocycles. The van der Waals surface area contributed by atoms with Crippen LogP contribution >= 0.6 is 0 Å². The van der Waals surface area contributed by atoms with E-state index in [-0.39, 0.29) is 5.91 Å². The molecule has 0 bridgehead atoms. The van der Waals surface area contributed by atoms with Crippen LogP contribution in [0.1, 0.15) is 16.1 Å². The number of aromatic nitrogens is 2. The molecule has 2 aromatic heterocycles. The molecular weight excluding hydrogens is 398 g/mol. The number of nitrogens with zero attached hydrogens (tertiary/aromatic N) is 4. The molecule has 0 radical (unpaired) electrons. The second-order valence-corrected chi connectivity index (χ2v) is 7.96. The van der Waals surface area contributed by atoms with Gasteiger partial charge in [0.1, 0.15) is 5.69 Å². The number of pyridine rings is 2. The van der Waals surface area contributed by atoms with Crippen LogP contribution in [0, 0.1) is 0 Å². The molecule has 1 fully saturated rings. The van der Waals surface area contributed by atoms with Crippen LogP contribution in [-0.4, -0.2) is 47.0 Å². The maximum Gasteiger partial charge on any atom is 0.274 e. The minimum atomic E-state index is -0.230. The molecule has 4 aromatic rings. The Kier molecular flexibility index (Phi) is 5.77. The molecule has 1 N–H and O–H groups in total. The predicted octanol–water partition coefficient (Wildman–Crippen LogP) is 4.20. The normalized spacial score (nSPS) is 14.4. The second kappa shape index (κ2) is 9.16. The van der Waals surface area contributed by atoms with Crippen LogP contribution in [0.4, 0.5) is 11.4 Å². The van der Waals surface area contributed by atoms with Gasteiger partial charge < -0.3 is 10.2 Å². The van der Waals surface area contributed by atoms with Crippen molar-refractivity contribution >= 4 is 28.2 Å². The Morgan fingerprint density at radius 1 is 0.844 bits per heavy atom. The fourth-order valence-corrected chi connectivity index (χ4v) is 4.21. The number of hydrogen-bond donors (Lipinski definition) is 1. The zero-order valence-corrected chi connectivity index (χ0v) is 17.8. The lowest BCUT2D eigenvalue weighted by Crippen LogP contribution is -2.46. The fourth-order valence-electron chi connectivity index (χ4n) is 4.21. The highest BCUT2D eigenvalue weighted by Gasteiger charge is 2.23. The molecule has 2 aromatic carbocycles. The van der Waals surface area contributed by atoms with Gasteiger partial charge in [-0.25, -0.2) is 0 Å². The average Bonchev–Trinajstić information content (AvgIpc) is 2.86. The van der Waals surface area contributed by atoms with Gasteiger partial charge in [0, 0.05) is 44.3 Å². The summed E-state index contributed by atoms with van der Waals surface area (Å²) in [7, 11) is 0. The first-order valence-corrected chi connectivity index (χ1v) is 10.9. The van der Waals surface area contributed by atoms with E-state index in [1.165, 1.54) is 5.56 Å². The summed E-state index contributed by atoms with van der Waals surface area (Å²) in [5, 5.41) is 4.09. The summed E-state index contributed by atoms with van der Waals surface area (Å²) >= 11 is 0. The predicted molar refractivity (Wildman–Crippen MR) is 128 cm³/mol. The number of piperazine rings is 1. The molecule has 32 heavy (non-hydrogen) atoms. The van der Waals surface area contributed by atoms with E-state index >= 15 is 0 Å². The summed E-state index contributed by atoms with van der Waals surface area (Å²) in [6.07, 6.45) is 3.38. The van der Waals surface area contributed by atoms with Crippen molar-refractivity contribution in [1.82, 2.24) is 14.9 Å². The molecule has 5 rings (SSSR count). The van der Waals surface area contributed by atoms with Crippen molar-refractivity contribution in [3.63, 3.8) is 0 Å². The van der Waals surface area contributed by atoms with E-state index in [1.54, 1.807) is 24.5 Å². The van der Waals surface area contributed by atoms with Crippen molar-refractivity contribution in [2.45, 2.75) is 6.54 Å². The van der Waals surface area contributed by atoms with Crippen LogP contribution in [0.15, 0.2) is 85.2 Å². The van der Waals surface area contributed by atoms with Crippen LogP contribution in [0.5, 0.6) is 0 Å². The van der Waals surface area contributed by atoms with Crippen molar-refractivity contribution in [2.24, 2.45) is 0 Å². The van der Waals surface area contributed by atoms with E-state index in [0.29, 0.717) is 5.69 Å². The van der Waals surface area contributed by atoms with Crippen molar-refractivity contribution in [2.75, 3.05) is 36.4 Å². The number of rotatable bonds is 5. The molecule has 0 unspecified atom stereocenters. The number of amides is 1. The van der Waals surface area contributed by atoms with E-state index in [1.807, 2.05) is 24.3 Å². The van der Waals surface area contributed by atoms with Gasteiger partial charge in [0.2, 0.25) is 0 Å². The number of carbonyl (C=O) groups excluding carboxylic acids is 1. The number of fused-ring (bicyclic) bond motifs is 1. The SMILES string of the molecule is O=C(Nc1cnc2ccccc2c1N1CCN(Cc2ccccc2)CC1)c1ccccn1. The number of carbonyl (C=O) groups is 1. The van der Waals surface area contributed by atoms with E-state index < -0.39 is 0 Å². The first-order valence-electron chi connectivity index (χ1n) is 10.9. The van der Waals surface area contributed by atoms with Crippen molar-refractivity contribution in [1.29, 1.82) is 0 Å². The number of para-hydroxylation sites is 1. The van der Waals surface area contributed by atoms with Gasteiger partial charge in [0.25, 0.3) is 5.91 Å². The topological polar surface area (TPSA) is 61.4 Å². The van der Waals surface area contributed by atoms with Crippen molar-refractivity contribution in [3.8, 4) is 0 Å². The first kappa shape index (κ1) is 20.2. The van der Waals surface area contributed by atoms with Crippen LogP contribution in [-0.2, 0) is 6.54 Å². The van der Waals surface area contributed by atoms with E-state index in [2.05, 4.69) is 61.5 Å². The van der Waals surface area contributed by atoms with Gasteiger partial charge in [-0.3, -0.25) is 19.7 Å². The van der Waals surface area contributed by atoms with Crippen molar-refractivity contribution < 1.29 is 4.79 Å². The molecule has 0 atom stereocenters. The van der Waals surface area contributed by atoms with Crippen LogP contribution in [0.25, 0.3) is 10.9 Å². The van der Waals surface area contributed by atoms with Crippen LogP contribution < -0.4 is 10.2 Å². The Balaban J connectivity index is 1.40. The summed E-state index contributed by atoms with van der Waals surface area (Å²) < 4.78 is 0. The third kappa shape index (κ3) is 4.31. The molecule has 1 amide bonds. The Hall–Kier alpha value is -3.77. The van der Waals surface area contributed by atoms with Gasteiger partial charge in [-0.05, 0) is 23.8 Å². The molecule has 160 valence electrons. The number of hydrogen-bond acceptors (Lipinski definition) is 5. The molecule has 3 heterocycles. The van der Waals surface area contributed by atoms with Gasteiger partial charge in [-0.1, -0.05) is 54.6 Å². The Bertz CT molecular complexity index is 1200. The van der Waals surface area contributed by atoms with Crippen molar-refractivity contribution in [3.05, 3.63) is 96.4 Å². The summed E-state index contributed by atoms with van der Waals surface area (Å²) in [6.45, 7) is 4.63. The minimum absolute atomic E-state index is 0.230. The van der Waals surface area contributed by atoms with E-state index in [9.17, 15) is 4.79 Å². The fraction of sp³-hybridized carbons (Fsp3) is 0.192. The molecule has 6 nitrogen and oxygen atoms in total. The number of benzene rings is 2. The third-order valence-electron chi connectivity index (χ3n) is 5.83. The summed E-state index contributed by atoms with van der Waals surface area (Å²) in [6, 6.07) is 24.0. The Morgan fingerprint density at radius 2 is 1.59 bits per heavy atom. The van der Waals surface area contributed by atoms with Gasteiger partial charge in [0.15, 0.2) is 0 Å². The zero-order valence-electron chi connectivity index (χ0n) is 17.8. The summed E-state index contributed by atoms with van der Waals surface area (Å²) in [4.78, 5) is 26.4. The minimum Gasteiger partial charge on any atom is -0.367 e. The molecule has 1 saturated heterocycles. The monoisotopic (exact) mass is 423 g/mol. The molecule has 1 aliphatic rings. The maximum atomic E-state index is 12.8. The smallest absolute Gasteiger partial charge is 0.274 e.